The summed E-state index contributed by atoms with van der Waals surface area (Å²) in [5, 5.41) is 19.8. The molecule has 0 amide bonds. The van der Waals surface area contributed by atoms with Gasteiger partial charge in [0.2, 0.25) is 0 Å². The number of nitrogens with zero attached hydrogens (tertiary/aromatic N) is 2. The molecule has 112 valence electrons. The van der Waals surface area contributed by atoms with E-state index in [1.807, 2.05) is 0 Å². The van der Waals surface area contributed by atoms with Gasteiger partial charge in [-0.1, -0.05) is 0 Å². The van der Waals surface area contributed by atoms with E-state index in [0.29, 0.717) is 11.5 Å². The van der Waals surface area contributed by atoms with Crippen LogP contribution < -0.4 is 4.74 Å². The largest absolute Gasteiger partial charge is 0.511 e. The lowest BCUT2D eigenvalue weighted by Crippen LogP contribution is -2.46. The van der Waals surface area contributed by atoms with Crippen molar-refractivity contribution in [2.24, 2.45) is 5.92 Å². The van der Waals surface area contributed by atoms with Crippen LogP contribution in [0.1, 0.15) is 24.3 Å². The zero-order valence-electron chi connectivity index (χ0n) is 11.4. The maximum absolute atomic E-state index is 11.0. The Kier molecular flexibility index (Phi) is 3.50. The summed E-state index contributed by atoms with van der Waals surface area (Å²) in [6, 6.07) is 4.13. The molecule has 2 bridgehead atoms. The van der Waals surface area contributed by atoms with Crippen molar-refractivity contribution in [2.75, 3.05) is 19.6 Å². The van der Waals surface area contributed by atoms with Crippen molar-refractivity contribution in [1.82, 2.24) is 4.90 Å². The Morgan fingerprint density at radius 1 is 1.38 bits per heavy atom. The van der Waals surface area contributed by atoms with E-state index >= 15 is 0 Å². The van der Waals surface area contributed by atoms with E-state index in [2.05, 4.69) is 4.90 Å². The molecule has 0 aromatic heterocycles. The lowest BCUT2D eigenvalue weighted by atomic mass is 9.75. The average Bonchev–Trinajstić information content (AvgIpc) is 2.48. The van der Waals surface area contributed by atoms with Crippen LogP contribution >= 0.6 is 0 Å². The van der Waals surface area contributed by atoms with Crippen LogP contribution in [-0.2, 0) is 0 Å². The molecule has 0 saturated carbocycles. The number of benzene rings is 1. The molecule has 1 aromatic rings. The number of carbonyl (C=O) groups is 1. The maximum Gasteiger partial charge on any atom is 0.511 e. The van der Waals surface area contributed by atoms with E-state index in [9.17, 15) is 14.9 Å². The molecule has 3 saturated heterocycles. The van der Waals surface area contributed by atoms with Gasteiger partial charge >= 0.3 is 6.16 Å². The predicted octanol–water partition coefficient (Wildman–Crippen LogP) is 2.46. The molecule has 3 heterocycles. The monoisotopic (exact) mass is 292 g/mol. The van der Waals surface area contributed by atoms with E-state index in [-0.39, 0.29) is 17.4 Å². The van der Waals surface area contributed by atoms with Crippen molar-refractivity contribution >= 4 is 11.8 Å². The smallest absolute Gasteiger partial charge is 0.449 e. The van der Waals surface area contributed by atoms with Crippen LogP contribution in [-0.4, -0.2) is 40.7 Å². The summed E-state index contributed by atoms with van der Waals surface area (Å²) in [5.41, 5.74) is 0.611. The van der Waals surface area contributed by atoms with Crippen molar-refractivity contribution in [3.63, 3.8) is 0 Å². The van der Waals surface area contributed by atoms with E-state index < -0.39 is 11.1 Å². The number of rotatable bonds is 3. The molecule has 1 aromatic carbocycles. The number of non-ortho nitro benzene ring substituents is 1. The quantitative estimate of drug-likeness (QED) is 0.398. The first-order valence-electron chi connectivity index (χ1n) is 6.96. The number of nitro benzene ring substituents is 1. The summed E-state index contributed by atoms with van der Waals surface area (Å²) in [6.45, 7) is 2.90. The van der Waals surface area contributed by atoms with Gasteiger partial charge in [-0.25, -0.2) is 4.79 Å². The highest BCUT2D eigenvalue weighted by Crippen LogP contribution is 2.43. The molecule has 7 nitrogen and oxygen atoms in total. The Labute approximate surface area is 121 Å². The first kappa shape index (κ1) is 13.8. The molecular formula is C14H16N2O5. The van der Waals surface area contributed by atoms with Crippen LogP contribution in [0, 0.1) is 16.0 Å². The second-order valence-corrected chi connectivity index (χ2v) is 5.59. The van der Waals surface area contributed by atoms with Crippen molar-refractivity contribution in [3.8, 4) is 5.75 Å². The molecule has 3 fully saturated rings. The van der Waals surface area contributed by atoms with Gasteiger partial charge in [-0.2, -0.15) is 0 Å². The highest BCUT2D eigenvalue weighted by molar-refractivity contribution is 5.63. The van der Waals surface area contributed by atoms with E-state index in [1.54, 1.807) is 0 Å². The van der Waals surface area contributed by atoms with Crippen molar-refractivity contribution in [3.05, 3.63) is 33.9 Å². The minimum atomic E-state index is -1.40. The topological polar surface area (TPSA) is 92.9 Å². The van der Waals surface area contributed by atoms with Gasteiger partial charge in [0, 0.05) is 30.2 Å². The van der Waals surface area contributed by atoms with Gasteiger partial charge in [0.25, 0.3) is 5.69 Å². The summed E-state index contributed by atoms with van der Waals surface area (Å²) in [6.07, 6.45) is 0.686. The number of fused-ring (bicyclic) bond motifs is 3. The molecule has 0 radical (unpaired) electrons. The number of hydrogen-bond donors (Lipinski definition) is 1. The molecule has 0 unspecified atom stereocenters. The second-order valence-electron chi connectivity index (χ2n) is 5.59. The van der Waals surface area contributed by atoms with Gasteiger partial charge in [0.05, 0.1) is 4.92 Å². The molecule has 0 spiro atoms. The fraction of sp³-hybridized carbons (Fsp3) is 0.500. The zero-order chi connectivity index (χ0) is 15.0. The van der Waals surface area contributed by atoms with Gasteiger partial charge in [-0.3, -0.25) is 10.1 Å². The Bertz CT molecular complexity index is 581. The van der Waals surface area contributed by atoms with Gasteiger partial charge in [-0.15, -0.1) is 0 Å². The lowest BCUT2D eigenvalue weighted by Gasteiger charge is -2.45. The fourth-order valence-electron chi connectivity index (χ4n) is 3.44. The Hall–Kier alpha value is -2.15. The van der Waals surface area contributed by atoms with E-state index in [0.717, 1.165) is 32.5 Å². The van der Waals surface area contributed by atoms with Crippen LogP contribution in [0.3, 0.4) is 0 Å². The van der Waals surface area contributed by atoms with Gasteiger partial charge in [-0.05, 0) is 37.9 Å². The number of nitro groups is 1. The van der Waals surface area contributed by atoms with Crippen LogP contribution in [0.4, 0.5) is 10.5 Å². The third-order valence-corrected chi connectivity index (χ3v) is 4.46. The number of hydrogen-bond acceptors (Lipinski definition) is 5. The first-order valence-corrected chi connectivity index (χ1v) is 6.96. The fourth-order valence-corrected chi connectivity index (χ4v) is 3.44. The van der Waals surface area contributed by atoms with Crippen LogP contribution in [0.15, 0.2) is 18.2 Å². The lowest BCUT2D eigenvalue weighted by molar-refractivity contribution is -0.385. The molecule has 4 rings (SSSR count). The summed E-state index contributed by atoms with van der Waals surface area (Å²) in [7, 11) is 0. The summed E-state index contributed by atoms with van der Waals surface area (Å²) < 4.78 is 4.82. The molecular weight excluding hydrogens is 276 g/mol. The average molecular weight is 292 g/mol. The number of piperidine rings is 3. The number of ether oxygens (including phenoxy) is 1. The highest BCUT2D eigenvalue weighted by atomic mass is 16.7. The van der Waals surface area contributed by atoms with E-state index in [1.165, 1.54) is 18.2 Å². The summed E-state index contributed by atoms with van der Waals surface area (Å²) in [5.74, 6) is 0.752. The van der Waals surface area contributed by atoms with Gasteiger partial charge in [0.1, 0.15) is 5.75 Å². The van der Waals surface area contributed by atoms with Crippen molar-refractivity contribution < 1.29 is 19.6 Å². The van der Waals surface area contributed by atoms with Crippen molar-refractivity contribution in [2.45, 2.75) is 18.8 Å². The van der Waals surface area contributed by atoms with Gasteiger partial charge in [0.15, 0.2) is 0 Å². The third kappa shape index (κ3) is 2.69. The van der Waals surface area contributed by atoms with Crippen molar-refractivity contribution in [1.29, 1.82) is 0 Å². The van der Waals surface area contributed by atoms with Gasteiger partial charge < -0.3 is 14.7 Å². The Morgan fingerprint density at radius 3 is 2.62 bits per heavy atom. The van der Waals surface area contributed by atoms with Crippen LogP contribution in [0.5, 0.6) is 5.75 Å². The molecule has 3 aliphatic rings. The SMILES string of the molecule is O=C(O)Oc1ccc([N+](=O)[O-])cc1[C@@H]1CN2CCC1CC2. The molecule has 0 aliphatic carbocycles. The molecule has 1 N–H and O–H groups in total. The Morgan fingerprint density at radius 2 is 2.10 bits per heavy atom. The maximum atomic E-state index is 11.0. The normalized spacial score (nSPS) is 27.3. The van der Waals surface area contributed by atoms with Crippen LogP contribution in [0.25, 0.3) is 0 Å². The zero-order valence-corrected chi connectivity index (χ0v) is 11.4. The highest BCUT2D eigenvalue weighted by Gasteiger charge is 2.37. The molecule has 1 atom stereocenters. The van der Waals surface area contributed by atoms with Crippen LogP contribution in [0.2, 0.25) is 0 Å². The standard InChI is InChI=1S/C14H16N2O5/c17-14(18)21-13-2-1-10(16(19)20)7-11(13)12-8-15-5-3-9(12)4-6-15/h1-2,7,9,12H,3-6,8H2,(H,17,18)/t12-/m1/s1. The molecule has 7 heteroatoms. The minimum Gasteiger partial charge on any atom is -0.449 e. The first-order chi connectivity index (χ1) is 10.0. The molecule has 3 aliphatic heterocycles. The second kappa shape index (κ2) is 5.33. The van der Waals surface area contributed by atoms with E-state index in [4.69, 9.17) is 9.84 Å². The summed E-state index contributed by atoms with van der Waals surface area (Å²) >= 11 is 0. The predicted molar refractivity (Wildman–Crippen MR) is 73.7 cm³/mol. The molecule has 21 heavy (non-hydrogen) atoms. The third-order valence-electron chi connectivity index (χ3n) is 4.46. The summed E-state index contributed by atoms with van der Waals surface area (Å²) in [4.78, 5) is 23.6. The number of carboxylic acid groups (broad SMARTS) is 1. The Balaban J connectivity index is 1.99. The minimum absolute atomic E-state index is 0.0285.